The molecule has 148 valence electrons. The maximum Gasteiger partial charge on any atom is 0.298 e. The lowest BCUT2D eigenvalue weighted by molar-refractivity contribution is 0.432. The Labute approximate surface area is 155 Å². The maximum atomic E-state index is 11.6. The SMILES string of the molecule is Cc1ccc(Oc2cc(C)c(S(=O)(=O)O)cc2S(=O)(=O)O)c(S(=O)(=O)O)c1. The highest BCUT2D eigenvalue weighted by molar-refractivity contribution is 7.87. The predicted octanol–water partition coefficient (Wildman–Crippen LogP) is 1.84. The molecule has 0 unspecified atom stereocenters. The molecule has 0 fully saturated rings. The molecule has 27 heavy (non-hydrogen) atoms. The summed E-state index contributed by atoms with van der Waals surface area (Å²) in [6.07, 6.45) is 0. The molecule has 0 aliphatic carbocycles. The van der Waals surface area contributed by atoms with Gasteiger partial charge in [0.1, 0.15) is 21.3 Å². The average molecular weight is 438 g/mol. The lowest BCUT2D eigenvalue weighted by atomic mass is 10.2. The van der Waals surface area contributed by atoms with Gasteiger partial charge in [0.25, 0.3) is 30.4 Å². The van der Waals surface area contributed by atoms with Crippen molar-refractivity contribution in [2.75, 3.05) is 0 Å². The Bertz CT molecular complexity index is 1230. The third-order valence-corrected chi connectivity index (χ3v) is 6.14. The van der Waals surface area contributed by atoms with Crippen LogP contribution in [0.25, 0.3) is 0 Å². The fourth-order valence-electron chi connectivity index (χ4n) is 2.22. The van der Waals surface area contributed by atoms with Crippen molar-refractivity contribution in [3.63, 3.8) is 0 Å². The van der Waals surface area contributed by atoms with Crippen molar-refractivity contribution in [2.24, 2.45) is 0 Å². The van der Waals surface area contributed by atoms with Gasteiger partial charge in [-0.25, -0.2) is 0 Å². The molecule has 0 bridgehead atoms. The van der Waals surface area contributed by atoms with Crippen LogP contribution < -0.4 is 4.74 Å². The molecular weight excluding hydrogens is 424 g/mol. The first-order valence-corrected chi connectivity index (χ1v) is 11.3. The summed E-state index contributed by atoms with van der Waals surface area (Å²) in [4.78, 5) is -2.48. The summed E-state index contributed by atoms with van der Waals surface area (Å²) in [6.45, 7) is 2.75. The molecule has 0 radical (unpaired) electrons. The third kappa shape index (κ3) is 4.82. The van der Waals surface area contributed by atoms with Gasteiger partial charge in [0, 0.05) is 0 Å². The highest BCUT2D eigenvalue weighted by Gasteiger charge is 2.26. The van der Waals surface area contributed by atoms with Crippen molar-refractivity contribution in [1.82, 2.24) is 0 Å². The Kier molecular flexibility index (Phi) is 5.40. The quantitative estimate of drug-likeness (QED) is 0.585. The molecule has 2 rings (SSSR count). The molecule has 0 atom stereocenters. The van der Waals surface area contributed by atoms with Crippen LogP contribution in [0.1, 0.15) is 11.1 Å². The highest BCUT2D eigenvalue weighted by Crippen LogP contribution is 2.36. The zero-order chi connectivity index (χ0) is 20.8. The standard InChI is InChI=1S/C14H14O10S3/c1-8-3-4-10(13(5-8)26(18,19)20)24-11-6-9(2)12(25(15,16)17)7-14(11)27(21,22)23/h3-7H,1-2H3,(H,15,16,17)(H,18,19,20)(H,21,22,23). The summed E-state index contributed by atoms with van der Waals surface area (Å²) in [7, 11) is -14.6. The Morgan fingerprint density at radius 1 is 0.667 bits per heavy atom. The molecule has 0 saturated heterocycles. The minimum Gasteiger partial charge on any atom is -0.454 e. The normalized spacial score (nSPS) is 12.8. The molecule has 13 heteroatoms. The van der Waals surface area contributed by atoms with Crippen LogP contribution in [0, 0.1) is 13.8 Å². The van der Waals surface area contributed by atoms with Gasteiger partial charge in [0.15, 0.2) is 0 Å². The molecule has 0 amide bonds. The highest BCUT2D eigenvalue weighted by atomic mass is 32.2. The van der Waals surface area contributed by atoms with E-state index in [2.05, 4.69) is 0 Å². The van der Waals surface area contributed by atoms with Crippen LogP contribution in [-0.4, -0.2) is 38.9 Å². The molecule has 10 nitrogen and oxygen atoms in total. The first-order valence-electron chi connectivity index (χ1n) is 6.96. The monoisotopic (exact) mass is 438 g/mol. The zero-order valence-electron chi connectivity index (χ0n) is 13.8. The van der Waals surface area contributed by atoms with Gasteiger partial charge in [0.05, 0.1) is 4.90 Å². The van der Waals surface area contributed by atoms with Crippen LogP contribution in [-0.2, 0) is 30.4 Å². The molecule has 0 aliphatic rings. The molecule has 0 aliphatic heterocycles. The van der Waals surface area contributed by atoms with E-state index in [4.69, 9.17) is 9.29 Å². The van der Waals surface area contributed by atoms with E-state index in [9.17, 15) is 34.4 Å². The van der Waals surface area contributed by atoms with E-state index in [1.165, 1.54) is 19.9 Å². The van der Waals surface area contributed by atoms with Gasteiger partial charge < -0.3 is 4.74 Å². The van der Waals surface area contributed by atoms with Crippen LogP contribution in [0.3, 0.4) is 0 Å². The second-order valence-electron chi connectivity index (χ2n) is 5.54. The van der Waals surface area contributed by atoms with Crippen molar-refractivity contribution < 1.29 is 43.6 Å². The van der Waals surface area contributed by atoms with E-state index in [0.717, 1.165) is 18.2 Å². The molecule has 0 aromatic heterocycles. The van der Waals surface area contributed by atoms with Crippen LogP contribution in [0.15, 0.2) is 45.0 Å². The molecule has 0 spiro atoms. The van der Waals surface area contributed by atoms with Gasteiger partial charge in [0.2, 0.25) is 0 Å². The largest absolute Gasteiger partial charge is 0.454 e. The summed E-state index contributed by atoms with van der Waals surface area (Å²) in [6, 6.07) is 4.96. The van der Waals surface area contributed by atoms with Crippen LogP contribution in [0.5, 0.6) is 11.5 Å². The zero-order valence-corrected chi connectivity index (χ0v) is 16.3. The lowest BCUT2D eigenvalue weighted by Crippen LogP contribution is -2.08. The molecule has 0 saturated carbocycles. The van der Waals surface area contributed by atoms with Crippen LogP contribution >= 0.6 is 0 Å². The number of rotatable bonds is 5. The Morgan fingerprint density at radius 2 is 1.15 bits per heavy atom. The first-order chi connectivity index (χ1) is 12.1. The molecular formula is C14H14O10S3. The Morgan fingerprint density at radius 3 is 1.63 bits per heavy atom. The number of hydrogen-bond donors (Lipinski definition) is 3. The summed E-state index contributed by atoms with van der Waals surface area (Å²) in [5, 5.41) is 0. The number of benzene rings is 2. The van der Waals surface area contributed by atoms with E-state index >= 15 is 0 Å². The summed E-state index contributed by atoms with van der Waals surface area (Å²) < 4.78 is 102. The average Bonchev–Trinajstić information content (AvgIpc) is 2.45. The fraction of sp³-hybridized carbons (Fsp3) is 0.143. The topological polar surface area (TPSA) is 172 Å². The van der Waals surface area contributed by atoms with E-state index in [1.807, 2.05) is 0 Å². The van der Waals surface area contributed by atoms with E-state index < -0.39 is 56.5 Å². The minimum atomic E-state index is -5.02. The summed E-state index contributed by atoms with van der Waals surface area (Å²) in [5.74, 6) is -1.08. The van der Waals surface area contributed by atoms with Crippen molar-refractivity contribution >= 4 is 30.4 Å². The van der Waals surface area contributed by atoms with Gasteiger partial charge in [-0.05, 0) is 49.2 Å². The van der Waals surface area contributed by atoms with Gasteiger partial charge in [-0.1, -0.05) is 6.07 Å². The molecule has 2 aromatic rings. The second-order valence-corrected chi connectivity index (χ2v) is 9.71. The van der Waals surface area contributed by atoms with Gasteiger partial charge in [-0.15, -0.1) is 0 Å². The minimum absolute atomic E-state index is 0.139. The number of aryl methyl sites for hydroxylation is 2. The second kappa shape index (κ2) is 6.85. The van der Waals surface area contributed by atoms with Gasteiger partial charge in [-0.2, -0.15) is 25.3 Å². The van der Waals surface area contributed by atoms with Crippen LogP contribution in [0.2, 0.25) is 0 Å². The smallest absolute Gasteiger partial charge is 0.298 e. The van der Waals surface area contributed by atoms with E-state index in [0.29, 0.717) is 11.6 Å². The lowest BCUT2D eigenvalue weighted by Gasteiger charge is -2.14. The van der Waals surface area contributed by atoms with Gasteiger partial charge >= 0.3 is 0 Å². The third-order valence-electron chi connectivity index (χ3n) is 3.39. The van der Waals surface area contributed by atoms with Gasteiger partial charge in [-0.3, -0.25) is 13.7 Å². The molecule has 0 heterocycles. The maximum absolute atomic E-state index is 11.6. The van der Waals surface area contributed by atoms with Crippen LogP contribution in [0.4, 0.5) is 0 Å². The van der Waals surface area contributed by atoms with Crippen molar-refractivity contribution in [3.05, 3.63) is 41.5 Å². The Balaban J connectivity index is 2.77. The predicted molar refractivity (Wildman–Crippen MR) is 91.9 cm³/mol. The van der Waals surface area contributed by atoms with Crippen molar-refractivity contribution in [2.45, 2.75) is 28.5 Å². The first kappa shape index (κ1) is 21.3. The summed E-state index contributed by atoms with van der Waals surface area (Å²) in [5.41, 5.74) is 0.309. The van der Waals surface area contributed by atoms with Crippen molar-refractivity contribution in [1.29, 1.82) is 0 Å². The molecule has 2 aromatic carbocycles. The summed E-state index contributed by atoms with van der Waals surface area (Å²) >= 11 is 0. The Hall–Kier alpha value is -2.03. The van der Waals surface area contributed by atoms with E-state index in [-0.39, 0.29) is 5.56 Å². The fourth-order valence-corrected chi connectivity index (χ4v) is 4.35. The van der Waals surface area contributed by atoms with Crippen molar-refractivity contribution in [3.8, 4) is 11.5 Å². The number of hydrogen-bond acceptors (Lipinski definition) is 7. The number of ether oxygens (including phenoxy) is 1. The van der Waals surface area contributed by atoms with E-state index in [1.54, 1.807) is 0 Å². The molecule has 3 N–H and O–H groups in total.